The first-order chi connectivity index (χ1) is 11.0. The molecule has 0 aromatic carbocycles. The van der Waals surface area contributed by atoms with E-state index in [9.17, 15) is 8.42 Å². The molecule has 2 aliphatic rings. The monoisotopic (exact) mass is 341 g/mol. The summed E-state index contributed by atoms with van der Waals surface area (Å²) in [6.07, 6.45) is 4.85. The van der Waals surface area contributed by atoms with E-state index in [1.807, 2.05) is 18.3 Å². The fourth-order valence-corrected chi connectivity index (χ4v) is 4.02. The minimum absolute atomic E-state index is 0.343. The molecule has 2 aliphatic heterocycles. The van der Waals surface area contributed by atoms with Crippen LogP contribution in [-0.4, -0.2) is 80.5 Å². The van der Waals surface area contributed by atoms with Crippen LogP contribution in [-0.2, 0) is 26.0 Å². The second kappa shape index (κ2) is 6.82. The third-order valence-electron chi connectivity index (χ3n) is 4.24. The first-order valence-corrected chi connectivity index (χ1v) is 9.60. The van der Waals surface area contributed by atoms with Crippen molar-refractivity contribution in [3.8, 4) is 0 Å². The molecule has 0 aliphatic carbocycles. The topological polar surface area (TPSA) is 72.0 Å². The summed E-state index contributed by atoms with van der Waals surface area (Å²) in [4.78, 5) is 6.39. The molecule has 0 N–H and O–H groups in total. The van der Waals surface area contributed by atoms with E-state index < -0.39 is 15.6 Å². The Balaban J connectivity index is 1.73. The Labute approximate surface area is 137 Å². The van der Waals surface area contributed by atoms with Crippen LogP contribution in [0, 0.1) is 0 Å². The molecule has 3 heterocycles. The Kier molecular flexibility index (Phi) is 4.98. The molecule has 0 saturated carbocycles. The minimum atomic E-state index is -3.22. The number of morpholine rings is 1. The number of hydrogen-bond donors (Lipinski definition) is 0. The van der Waals surface area contributed by atoms with Crippen molar-refractivity contribution < 1.29 is 17.9 Å². The lowest BCUT2D eigenvalue weighted by Gasteiger charge is -2.42. The first kappa shape index (κ1) is 16.8. The lowest BCUT2D eigenvalue weighted by molar-refractivity contribution is -0.126. The summed E-state index contributed by atoms with van der Waals surface area (Å²) in [6.45, 7) is 4.37. The molecule has 2 saturated heterocycles. The fourth-order valence-electron chi connectivity index (χ4n) is 3.14. The average Bonchev–Trinajstić information content (AvgIpc) is 2.70. The molecule has 1 spiro atoms. The Bertz CT molecular complexity index is 625. The smallest absolute Gasteiger partial charge is 0.211 e. The molecule has 0 amide bonds. The highest BCUT2D eigenvalue weighted by atomic mass is 32.2. The predicted octanol–water partition coefficient (Wildman–Crippen LogP) is -0.0556. The van der Waals surface area contributed by atoms with Gasteiger partial charge in [0.2, 0.25) is 10.0 Å². The molecule has 2 fully saturated rings. The lowest BCUT2D eigenvalue weighted by Crippen LogP contribution is -2.59. The van der Waals surface area contributed by atoms with Crippen molar-refractivity contribution >= 4 is 10.0 Å². The standard InChI is InChI=1S/C15H23N3O4S/c1-23(19,20)18-6-8-22-15(12-18)11-17(5-7-21-13-15)10-14-3-2-4-16-9-14/h2-4,9H,5-8,10-13H2,1H3/t15-/m1/s1. The summed E-state index contributed by atoms with van der Waals surface area (Å²) in [7, 11) is -3.22. The molecular weight excluding hydrogens is 318 g/mol. The third kappa shape index (κ3) is 4.27. The van der Waals surface area contributed by atoms with E-state index in [1.165, 1.54) is 10.6 Å². The lowest BCUT2D eigenvalue weighted by atomic mass is 10.0. The Hall–Kier alpha value is -1.06. The van der Waals surface area contributed by atoms with Crippen LogP contribution in [0.5, 0.6) is 0 Å². The first-order valence-electron chi connectivity index (χ1n) is 7.75. The molecule has 3 rings (SSSR count). The van der Waals surface area contributed by atoms with Gasteiger partial charge in [0.25, 0.3) is 0 Å². The molecule has 7 nitrogen and oxygen atoms in total. The van der Waals surface area contributed by atoms with E-state index >= 15 is 0 Å². The number of sulfonamides is 1. The van der Waals surface area contributed by atoms with Gasteiger partial charge in [0.05, 0.1) is 26.1 Å². The van der Waals surface area contributed by atoms with E-state index in [2.05, 4.69) is 9.88 Å². The number of hydrogen-bond acceptors (Lipinski definition) is 6. The minimum Gasteiger partial charge on any atom is -0.377 e. The van der Waals surface area contributed by atoms with Crippen LogP contribution in [0.1, 0.15) is 5.56 Å². The van der Waals surface area contributed by atoms with Crippen molar-refractivity contribution in [1.82, 2.24) is 14.2 Å². The second-order valence-electron chi connectivity index (χ2n) is 6.25. The Morgan fingerprint density at radius 2 is 2.17 bits per heavy atom. The summed E-state index contributed by atoms with van der Waals surface area (Å²) in [5.74, 6) is 0. The zero-order valence-electron chi connectivity index (χ0n) is 13.3. The van der Waals surface area contributed by atoms with E-state index in [1.54, 1.807) is 6.20 Å². The number of ether oxygens (including phenoxy) is 2. The van der Waals surface area contributed by atoms with Gasteiger partial charge in [0.1, 0.15) is 5.60 Å². The molecule has 0 bridgehead atoms. The maximum atomic E-state index is 11.9. The van der Waals surface area contributed by atoms with Gasteiger partial charge in [-0.1, -0.05) is 6.07 Å². The van der Waals surface area contributed by atoms with Crippen molar-refractivity contribution in [3.63, 3.8) is 0 Å². The number of aromatic nitrogens is 1. The van der Waals surface area contributed by atoms with Gasteiger partial charge in [-0.15, -0.1) is 0 Å². The van der Waals surface area contributed by atoms with E-state index in [0.717, 1.165) is 18.7 Å². The van der Waals surface area contributed by atoms with Gasteiger partial charge < -0.3 is 9.47 Å². The van der Waals surface area contributed by atoms with Crippen LogP contribution in [0.4, 0.5) is 0 Å². The molecule has 1 atom stereocenters. The van der Waals surface area contributed by atoms with Crippen molar-refractivity contribution in [3.05, 3.63) is 30.1 Å². The van der Waals surface area contributed by atoms with Crippen molar-refractivity contribution in [1.29, 1.82) is 0 Å². The van der Waals surface area contributed by atoms with Gasteiger partial charge in [-0.3, -0.25) is 9.88 Å². The molecule has 1 aromatic rings. The third-order valence-corrected chi connectivity index (χ3v) is 5.49. The highest BCUT2D eigenvalue weighted by Gasteiger charge is 2.42. The predicted molar refractivity (Wildman–Crippen MR) is 85.4 cm³/mol. The summed E-state index contributed by atoms with van der Waals surface area (Å²) >= 11 is 0. The zero-order valence-corrected chi connectivity index (χ0v) is 14.2. The summed E-state index contributed by atoms with van der Waals surface area (Å²) < 4.78 is 37.0. The fraction of sp³-hybridized carbons (Fsp3) is 0.667. The Morgan fingerprint density at radius 3 is 2.91 bits per heavy atom. The average molecular weight is 341 g/mol. The molecule has 0 unspecified atom stereocenters. The molecule has 128 valence electrons. The molecular formula is C15H23N3O4S. The second-order valence-corrected chi connectivity index (χ2v) is 8.23. The molecule has 23 heavy (non-hydrogen) atoms. The summed E-state index contributed by atoms with van der Waals surface area (Å²) in [6, 6.07) is 3.96. The molecule has 1 aromatic heterocycles. The van der Waals surface area contributed by atoms with Crippen LogP contribution in [0.25, 0.3) is 0 Å². The van der Waals surface area contributed by atoms with Crippen molar-refractivity contribution in [2.45, 2.75) is 12.1 Å². The van der Waals surface area contributed by atoms with Crippen LogP contribution >= 0.6 is 0 Å². The van der Waals surface area contributed by atoms with E-state index in [4.69, 9.17) is 9.47 Å². The molecule has 8 heteroatoms. The van der Waals surface area contributed by atoms with Gasteiger partial charge in [-0.2, -0.15) is 4.31 Å². The summed E-state index contributed by atoms with van der Waals surface area (Å²) in [5, 5.41) is 0. The van der Waals surface area contributed by atoms with Crippen LogP contribution < -0.4 is 0 Å². The van der Waals surface area contributed by atoms with Gasteiger partial charge in [-0.05, 0) is 11.6 Å². The van der Waals surface area contributed by atoms with Gasteiger partial charge in [0.15, 0.2) is 0 Å². The maximum absolute atomic E-state index is 11.9. The highest BCUT2D eigenvalue weighted by molar-refractivity contribution is 7.88. The van der Waals surface area contributed by atoms with Crippen molar-refractivity contribution in [2.75, 3.05) is 52.3 Å². The van der Waals surface area contributed by atoms with E-state index in [-0.39, 0.29) is 0 Å². The maximum Gasteiger partial charge on any atom is 0.211 e. The largest absolute Gasteiger partial charge is 0.377 e. The van der Waals surface area contributed by atoms with Gasteiger partial charge >= 0.3 is 0 Å². The van der Waals surface area contributed by atoms with Crippen LogP contribution in [0.3, 0.4) is 0 Å². The van der Waals surface area contributed by atoms with Crippen LogP contribution in [0.2, 0.25) is 0 Å². The SMILES string of the molecule is CS(=O)(=O)N1CCO[C@@]2(COCCN(Cc3cccnc3)C2)C1. The number of pyridine rings is 1. The van der Waals surface area contributed by atoms with Gasteiger partial charge in [0, 0.05) is 45.1 Å². The number of rotatable bonds is 3. The zero-order chi connectivity index (χ0) is 16.3. The molecule has 0 radical (unpaired) electrons. The summed E-state index contributed by atoms with van der Waals surface area (Å²) in [5.41, 5.74) is 0.528. The Morgan fingerprint density at radius 1 is 1.30 bits per heavy atom. The van der Waals surface area contributed by atoms with Gasteiger partial charge in [-0.25, -0.2) is 8.42 Å². The highest BCUT2D eigenvalue weighted by Crippen LogP contribution is 2.24. The quantitative estimate of drug-likeness (QED) is 0.767. The number of nitrogens with zero attached hydrogens (tertiary/aromatic N) is 3. The van der Waals surface area contributed by atoms with E-state index in [0.29, 0.717) is 39.5 Å². The normalized spacial score (nSPS) is 27.9. The van der Waals surface area contributed by atoms with Crippen molar-refractivity contribution in [2.24, 2.45) is 0 Å². The van der Waals surface area contributed by atoms with Crippen LogP contribution in [0.15, 0.2) is 24.5 Å².